The Balaban J connectivity index is 0.000000754. The second-order valence-electron chi connectivity index (χ2n) is 8.81. The van der Waals surface area contributed by atoms with Crippen molar-refractivity contribution >= 4 is 17.3 Å². The highest BCUT2D eigenvalue weighted by atomic mass is 19.1. The molecular weight excluding hydrogens is 481 g/mol. The predicted octanol–water partition coefficient (Wildman–Crippen LogP) is 8.40. The molecular formula is C31H46FN3O3. The number of nitrogens with zero attached hydrogens (tertiary/aromatic N) is 3. The van der Waals surface area contributed by atoms with Crippen LogP contribution in [0.15, 0.2) is 67.3 Å². The molecule has 0 saturated heterocycles. The number of carbonyl (C=O) groups is 1. The highest BCUT2D eigenvalue weighted by molar-refractivity contribution is 6.07. The van der Waals surface area contributed by atoms with E-state index in [1.165, 1.54) is 55.9 Å². The van der Waals surface area contributed by atoms with Gasteiger partial charge in [0.25, 0.3) is 11.6 Å². The fourth-order valence-electron chi connectivity index (χ4n) is 3.71. The molecule has 1 unspecified atom stereocenters. The lowest BCUT2D eigenvalue weighted by atomic mass is 9.99. The predicted molar refractivity (Wildman–Crippen MR) is 159 cm³/mol. The second kappa shape index (κ2) is 19.7. The fraction of sp³-hybridized carbons (Fsp3) is 0.452. The Morgan fingerprint density at radius 1 is 1.16 bits per heavy atom. The molecule has 2 aromatic rings. The van der Waals surface area contributed by atoms with Gasteiger partial charge in [0.2, 0.25) is 0 Å². The van der Waals surface area contributed by atoms with Crippen molar-refractivity contribution in [2.75, 3.05) is 31.6 Å². The number of amides is 1. The number of carbonyl (C=O) groups excluding carboxylic acids is 1. The molecule has 0 radical (unpaired) electrons. The van der Waals surface area contributed by atoms with Crippen molar-refractivity contribution < 1.29 is 14.1 Å². The molecule has 0 saturated carbocycles. The number of non-ortho nitro benzene ring substituents is 1. The third kappa shape index (κ3) is 11.8. The van der Waals surface area contributed by atoms with E-state index in [0.717, 1.165) is 18.4 Å². The van der Waals surface area contributed by atoms with E-state index in [9.17, 15) is 19.3 Å². The van der Waals surface area contributed by atoms with Gasteiger partial charge in [0.05, 0.1) is 4.92 Å². The first-order chi connectivity index (χ1) is 18.1. The van der Waals surface area contributed by atoms with Crippen LogP contribution in [0.5, 0.6) is 0 Å². The monoisotopic (exact) mass is 527 g/mol. The van der Waals surface area contributed by atoms with Gasteiger partial charge >= 0.3 is 0 Å². The maximum Gasteiger partial charge on any atom is 0.269 e. The molecule has 2 aromatic carbocycles. The SMILES string of the molecule is C/C=C/CC.C=CC.CCC1CN(C(=O)c2ccc([N+](=O)[O-])cc2)c2ccc(F)cc21.CCCN(C)CC. The Hall–Kier alpha value is -3.32. The van der Waals surface area contributed by atoms with Crippen LogP contribution in [-0.2, 0) is 0 Å². The summed E-state index contributed by atoms with van der Waals surface area (Å²) in [6.07, 6.45) is 9.17. The number of halogens is 1. The first-order valence-electron chi connectivity index (χ1n) is 13.4. The number of rotatable bonds is 7. The molecule has 1 heterocycles. The number of hydrogen-bond donors (Lipinski definition) is 0. The summed E-state index contributed by atoms with van der Waals surface area (Å²) in [5.41, 5.74) is 1.86. The number of anilines is 1. The van der Waals surface area contributed by atoms with Crippen LogP contribution in [0.4, 0.5) is 15.8 Å². The number of hydrogen-bond acceptors (Lipinski definition) is 4. The van der Waals surface area contributed by atoms with Crippen LogP contribution in [-0.4, -0.2) is 42.4 Å². The van der Waals surface area contributed by atoms with Crippen molar-refractivity contribution in [3.05, 3.63) is 94.3 Å². The van der Waals surface area contributed by atoms with E-state index in [4.69, 9.17) is 0 Å². The van der Waals surface area contributed by atoms with Gasteiger partial charge in [-0.1, -0.05) is 45.9 Å². The molecule has 0 bridgehead atoms. The van der Waals surface area contributed by atoms with Crippen molar-refractivity contribution in [1.82, 2.24) is 4.90 Å². The van der Waals surface area contributed by atoms with Crippen LogP contribution < -0.4 is 4.90 Å². The van der Waals surface area contributed by atoms with Gasteiger partial charge in [0.1, 0.15) is 5.82 Å². The van der Waals surface area contributed by atoms with Gasteiger partial charge in [-0.25, -0.2) is 4.39 Å². The van der Waals surface area contributed by atoms with E-state index < -0.39 is 4.92 Å². The number of fused-ring (bicyclic) bond motifs is 1. The summed E-state index contributed by atoms with van der Waals surface area (Å²) in [5, 5.41) is 10.7. The minimum Gasteiger partial charge on any atom is -0.307 e. The lowest BCUT2D eigenvalue weighted by Crippen LogP contribution is -2.29. The Kier molecular flexibility index (Phi) is 18.0. The minimum atomic E-state index is -0.505. The van der Waals surface area contributed by atoms with Gasteiger partial charge in [0.15, 0.2) is 0 Å². The average Bonchev–Trinajstić information content (AvgIpc) is 3.27. The third-order valence-corrected chi connectivity index (χ3v) is 5.80. The van der Waals surface area contributed by atoms with Gasteiger partial charge < -0.3 is 9.80 Å². The number of nitro groups is 1. The highest BCUT2D eigenvalue weighted by Gasteiger charge is 2.32. The Bertz CT molecular complexity index is 1010. The number of nitro benzene ring substituents is 1. The number of allylic oxidation sites excluding steroid dienone is 3. The molecule has 0 aromatic heterocycles. The quantitative estimate of drug-likeness (QED) is 0.206. The zero-order valence-electron chi connectivity index (χ0n) is 24.2. The molecule has 0 aliphatic carbocycles. The second-order valence-corrected chi connectivity index (χ2v) is 8.81. The van der Waals surface area contributed by atoms with Gasteiger partial charge in [0, 0.05) is 35.8 Å². The molecule has 0 N–H and O–H groups in total. The van der Waals surface area contributed by atoms with E-state index in [1.807, 2.05) is 20.8 Å². The zero-order valence-corrected chi connectivity index (χ0v) is 24.2. The zero-order chi connectivity index (χ0) is 29.1. The van der Waals surface area contributed by atoms with E-state index in [2.05, 4.69) is 51.4 Å². The molecule has 0 spiro atoms. The summed E-state index contributed by atoms with van der Waals surface area (Å²) in [4.78, 5) is 26.8. The molecule has 1 aliphatic heterocycles. The molecule has 38 heavy (non-hydrogen) atoms. The van der Waals surface area contributed by atoms with Gasteiger partial charge in [-0.15, -0.1) is 6.58 Å². The Morgan fingerprint density at radius 2 is 1.76 bits per heavy atom. The molecule has 0 fully saturated rings. The molecule has 1 atom stereocenters. The normalized spacial score (nSPS) is 13.4. The summed E-state index contributed by atoms with van der Waals surface area (Å²) in [6, 6.07) is 9.95. The third-order valence-electron chi connectivity index (χ3n) is 5.80. The molecule has 1 amide bonds. The van der Waals surface area contributed by atoms with Crippen LogP contribution in [0, 0.1) is 15.9 Å². The summed E-state index contributed by atoms with van der Waals surface area (Å²) < 4.78 is 13.5. The van der Waals surface area contributed by atoms with E-state index in [1.54, 1.807) is 17.0 Å². The molecule has 210 valence electrons. The minimum absolute atomic E-state index is 0.0584. The van der Waals surface area contributed by atoms with Crippen LogP contribution in [0.3, 0.4) is 0 Å². The van der Waals surface area contributed by atoms with Crippen molar-refractivity contribution in [2.45, 2.75) is 66.7 Å². The van der Waals surface area contributed by atoms with Crippen molar-refractivity contribution in [3.8, 4) is 0 Å². The number of benzene rings is 2. The van der Waals surface area contributed by atoms with Gasteiger partial charge in [-0.3, -0.25) is 14.9 Å². The summed E-state index contributed by atoms with van der Waals surface area (Å²) in [7, 11) is 2.14. The van der Waals surface area contributed by atoms with Crippen LogP contribution in [0.1, 0.15) is 82.6 Å². The topological polar surface area (TPSA) is 66.7 Å². The average molecular weight is 528 g/mol. The molecule has 1 aliphatic rings. The Labute approximate surface area is 229 Å². The molecule has 6 nitrogen and oxygen atoms in total. The van der Waals surface area contributed by atoms with Crippen molar-refractivity contribution in [3.63, 3.8) is 0 Å². The largest absolute Gasteiger partial charge is 0.307 e. The smallest absolute Gasteiger partial charge is 0.269 e. The first-order valence-corrected chi connectivity index (χ1v) is 13.4. The standard InChI is InChI=1S/C17H15FN2O3.C6H15N.C5H10.C3H6/c1-2-11-10-19(16-8-5-13(18)9-15(11)16)17(21)12-3-6-14(7-4-12)20(22)23;1-4-6-7(3)5-2;1-3-5-4-2;1-3-2/h3-9,11H,2,10H2,1H3;4-6H2,1-3H3;3,5H,4H2,1-2H3;3H,1H2,2H3/b;;5-3+;. The maximum absolute atomic E-state index is 13.5. The Morgan fingerprint density at radius 3 is 2.16 bits per heavy atom. The van der Waals surface area contributed by atoms with E-state index >= 15 is 0 Å². The fourth-order valence-corrected chi connectivity index (χ4v) is 3.71. The summed E-state index contributed by atoms with van der Waals surface area (Å²) >= 11 is 0. The summed E-state index contributed by atoms with van der Waals surface area (Å²) in [6.45, 7) is 18.7. The summed E-state index contributed by atoms with van der Waals surface area (Å²) in [5.74, 6) is -0.446. The van der Waals surface area contributed by atoms with Gasteiger partial charge in [-0.05, 0) is 89.1 Å². The van der Waals surface area contributed by atoms with Crippen LogP contribution in [0.25, 0.3) is 0 Å². The van der Waals surface area contributed by atoms with Crippen molar-refractivity contribution in [1.29, 1.82) is 0 Å². The first kappa shape index (κ1) is 34.7. The van der Waals surface area contributed by atoms with E-state index in [0.29, 0.717) is 17.8 Å². The van der Waals surface area contributed by atoms with Crippen molar-refractivity contribution in [2.24, 2.45) is 0 Å². The molecule has 7 heteroatoms. The lowest BCUT2D eigenvalue weighted by Gasteiger charge is -2.17. The van der Waals surface area contributed by atoms with Gasteiger partial charge in [-0.2, -0.15) is 0 Å². The van der Waals surface area contributed by atoms with Crippen LogP contribution >= 0.6 is 0 Å². The highest BCUT2D eigenvalue weighted by Crippen LogP contribution is 2.39. The van der Waals surface area contributed by atoms with Crippen LogP contribution in [0.2, 0.25) is 0 Å². The lowest BCUT2D eigenvalue weighted by molar-refractivity contribution is -0.384. The maximum atomic E-state index is 13.5. The molecule has 3 rings (SSSR count). The van der Waals surface area contributed by atoms with E-state index in [-0.39, 0.29) is 23.3 Å².